The molecule has 0 heterocycles. The Morgan fingerprint density at radius 1 is 0.730 bits per heavy atom. The molecule has 4 unspecified atom stereocenters. The number of benzene rings is 1. The van der Waals surface area contributed by atoms with Crippen LogP contribution in [-0.2, 0) is 40.0 Å². The largest absolute Gasteiger partial charge is 0.481 e. The molecule has 15 nitrogen and oxygen atoms in total. The molecule has 15 heteroatoms. The van der Waals surface area contributed by atoms with Gasteiger partial charge in [-0.3, -0.25) is 28.8 Å². The van der Waals surface area contributed by atoms with E-state index in [1.54, 1.807) is 30.3 Å². The number of aliphatic carboxylic acids is 3. The first-order valence-electron chi connectivity index (χ1n) is 11.0. The second kappa shape index (κ2) is 14.8. The van der Waals surface area contributed by atoms with Gasteiger partial charge >= 0.3 is 17.9 Å². The van der Waals surface area contributed by atoms with E-state index in [4.69, 9.17) is 16.6 Å². The van der Waals surface area contributed by atoms with E-state index in [0.29, 0.717) is 5.56 Å². The van der Waals surface area contributed by atoms with Gasteiger partial charge in [0.25, 0.3) is 0 Å². The third-order valence-corrected chi connectivity index (χ3v) is 4.95. The van der Waals surface area contributed by atoms with Crippen LogP contribution in [0, 0.1) is 0 Å². The van der Waals surface area contributed by atoms with Crippen molar-refractivity contribution in [2.45, 2.75) is 56.3 Å². The summed E-state index contributed by atoms with van der Waals surface area (Å²) in [5.41, 5.74) is 11.2. The van der Waals surface area contributed by atoms with E-state index in [9.17, 15) is 43.8 Å². The molecule has 37 heavy (non-hydrogen) atoms. The molecule has 0 fully saturated rings. The molecule has 0 aliphatic rings. The van der Waals surface area contributed by atoms with Gasteiger partial charge in [-0.05, 0) is 12.0 Å². The number of carboxylic acid groups (broad SMARTS) is 3. The highest BCUT2D eigenvalue weighted by Crippen LogP contribution is 2.06. The van der Waals surface area contributed by atoms with Crippen molar-refractivity contribution in [1.82, 2.24) is 16.0 Å². The summed E-state index contributed by atoms with van der Waals surface area (Å²) in [6.07, 6.45) is -2.66. The molecule has 0 bridgehead atoms. The van der Waals surface area contributed by atoms with Gasteiger partial charge in [-0.2, -0.15) is 0 Å². The number of nitrogens with two attached hydrogens (primary N) is 2. The Balaban J connectivity index is 3.11. The van der Waals surface area contributed by atoms with Crippen molar-refractivity contribution in [3.05, 3.63) is 35.9 Å². The summed E-state index contributed by atoms with van der Waals surface area (Å²) in [7, 11) is 0. The zero-order valence-electron chi connectivity index (χ0n) is 19.6. The molecule has 0 aliphatic heterocycles. The molecule has 0 saturated heterocycles. The van der Waals surface area contributed by atoms with Crippen molar-refractivity contribution in [3.63, 3.8) is 0 Å². The highest BCUT2D eigenvalue weighted by atomic mass is 16.4. The van der Waals surface area contributed by atoms with Crippen LogP contribution in [0.2, 0.25) is 0 Å². The first-order chi connectivity index (χ1) is 17.3. The van der Waals surface area contributed by atoms with Crippen LogP contribution in [0.4, 0.5) is 0 Å². The zero-order chi connectivity index (χ0) is 28.1. The van der Waals surface area contributed by atoms with Gasteiger partial charge in [-0.1, -0.05) is 30.3 Å². The number of hydrogen-bond donors (Lipinski definition) is 8. The Hall–Kier alpha value is -4.53. The van der Waals surface area contributed by atoms with Gasteiger partial charge in [0, 0.05) is 12.8 Å². The number of nitrogens with one attached hydrogen (secondary N) is 3. The number of hydrogen-bond acceptors (Lipinski definition) is 8. The summed E-state index contributed by atoms with van der Waals surface area (Å²) in [6.45, 7) is 0. The monoisotopic (exact) mass is 523 g/mol. The molecule has 1 aromatic carbocycles. The lowest BCUT2D eigenvalue weighted by Gasteiger charge is -2.24. The maximum Gasteiger partial charge on any atom is 0.326 e. The molecule has 1 rings (SSSR count). The Morgan fingerprint density at radius 3 is 1.78 bits per heavy atom. The van der Waals surface area contributed by atoms with Crippen LogP contribution in [0.1, 0.15) is 31.2 Å². The van der Waals surface area contributed by atoms with Gasteiger partial charge in [-0.25, -0.2) is 4.79 Å². The molecular weight excluding hydrogens is 494 g/mol. The topological polar surface area (TPSA) is 268 Å². The number of carboxylic acids is 3. The lowest BCUT2D eigenvalue weighted by Crippen LogP contribution is -2.58. The SMILES string of the molecule is NC(=O)CC(N)C(=O)NC(Cc1ccccc1)C(=O)NC(CC(=O)O)C(=O)NC(CCC(=O)O)C(=O)O. The van der Waals surface area contributed by atoms with Gasteiger partial charge in [0.15, 0.2) is 0 Å². The molecule has 202 valence electrons. The van der Waals surface area contributed by atoms with Crippen molar-refractivity contribution in [3.8, 4) is 0 Å². The second-order valence-corrected chi connectivity index (χ2v) is 8.02. The van der Waals surface area contributed by atoms with E-state index in [2.05, 4.69) is 10.6 Å². The van der Waals surface area contributed by atoms with E-state index in [-0.39, 0.29) is 6.42 Å². The fourth-order valence-electron chi connectivity index (χ4n) is 3.10. The van der Waals surface area contributed by atoms with Gasteiger partial charge in [0.1, 0.15) is 18.1 Å². The minimum atomic E-state index is -1.77. The highest BCUT2D eigenvalue weighted by Gasteiger charge is 2.32. The van der Waals surface area contributed by atoms with Crippen LogP contribution in [0.15, 0.2) is 30.3 Å². The summed E-state index contributed by atoms with van der Waals surface area (Å²) in [6, 6.07) is 2.11. The minimum absolute atomic E-state index is 0.112. The van der Waals surface area contributed by atoms with E-state index >= 15 is 0 Å². The molecular formula is C22H29N5O10. The van der Waals surface area contributed by atoms with Crippen LogP contribution in [0.25, 0.3) is 0 Å². The molecule has 1 aromatic rings. The lowest BCUT2D eigenvalue weighted by atomic mass is 10.0. The third-order valence-electron chi connectivity index (χ3n) is 4.95. The summed E-state index contributed by atoms with van der Waals surface area (Å²) in [5, 5.41) is 33.7. The quantitative estimate of drug-likeness (QED) is 0.110. The number of carbonyl (C=O) groups is 7. The van der Waals surface area contributed by atoms with Crippen LogP contribution in [-0.4, -0.2) is 81.0 Å². The van der Waals surface area contributed by atoms with Crippen LogP contribution < -0.4 is 27.4 Å². The van der Waals surface area contributed by atoms with E-state index in [1.165, 1.54) is 0 Å². The first-order valence-corrected chi connectivity index (χ1v) is 11.0. The molecule has 4 atom stereocenters. The predicted molar refractivity (Wildman–Crippen MR) is 124 cm³/mol. The fourth-order valence-corrected chi connectivity index (χ4v) is 3.10. The second-order valence-electron chi connectivity index (χ2n) is 8.02. The summed E-state index contributed by atoms with van der Waals surface area (Å²) < 4.78 is 0. The van der Waals surface area contributed by atoms with Crippen LogP contribution >= 0.6 is 0 Å². The van der Waals surface area contributed by atoms with Gasteiger partial charge in [0.05, 0.1) is 18.9 Å². The van der Waals surface area contributed by atoms with Crippen LogP contribution in [0.5, 0.6) is 0 Å². The Kier molecular flexibility index (Phi) is 12.2. The molecule has 0 spiro atoms. The van der Waals surface area contributed by atoms with Gasteiger partial charge in [-0.15, -0.1) is 0 Å². The zero-order valence-corrected chi connectivity index (χ0v) is 19.6. The Labute approximate surface area is 210 Å². The van der Waals surface area contributed by atoms with Crippen molar-refractivity contribution in [2.24, 2.45) is 11.5 Å². The number of amides is 4. The average Bonchev–Trinajstić information content (AvgIpc) is 2.80. The maximum atomic E-state index is 13.0. The normalized spacial score (nSPS) is 13.8. The molecule has 0 saturated carbocycles. The minimum Gasteiger partial charge on any atom is -0.481 e. The Morgan fingerprint density at radius 2 is 1.27 bits per heavy atom. The molecule has 10 N–H and O–H groups in total. The number of primary amides is 1. The summed E-state index contributed by atoms with van der Waals surface area (Å²) >= 11 is 0. The predicted octanol–water partition coefficient (Wildman–Crippen LogP) is -2.69. The van der Waals surface area contributed by atoms with Crippen molar-refractivity contribution in [1.29, 1.82) is 0 Å². The smallest absolute Gasteiger partial charge is 0.326 e. The standard InChI is InChI=1S/C22H29N5O10/c23-12(9-16(24)28)19(33)26-14(8-11-4-2-1-3-5-11)20(34)27-15(10-18(31)32)21(35)25-13(22(36)37)6-7-17(29)30/h1-5,12-15H,6-10,23H2,(H2,24,28)(H,25,35)(H,26,33)(H,27,34)(H,29,30)(H,31,32)(H,36,37). The van der Waals surface area contributed by atoms with Crippen molar-refractivity contribution in [2.75, 3.05) is 0 Å². The first kappa shape index (κ1) is 30.5. The highest BCUT2D eigenvalue weighted by molar-refractivity contribution is 5.96. The fraction of sp³-hybridized carbons (Fsp3) is 0.409. The Bertz CT molecular complexity index is 1020. The van der Waals surface area contributed by atoms with E-state index < -0.39 is 91.4 Å². The van der Waals surface area contributed by atoms with Gasteiger partial charge in [0.2, 0.25) is 23.6 Å². The number of carbonyl (C=O) groups excluding carboxylic acids is 4. The van der Waals surface area contributed by atoms with Crippen LogP contribution in [0.3, 0.4) is 0 Å². The average molecular weight is 523 g/mol. The van der Waals surface area contributed by atoms with Gasteiger partial charge < -0.3 is 42.7 Å². The molecule has 0 aromatic heterocycles. The van der Waals surface area contributed by atoms with E-state index in [1.807, 2.05) is 5.32 Å². The number of rotatable bonds is 16. The molecule has 4 amide bonds. The summed E-state index contributed by atoms with van der Waals surface area (Å²) in [4.78, 5) is 82.6. The third kappa shape index (κ3) is 11.6. The van der Waals surface area contributed by atoms with E-state index in [0.717, 1.165) is 0 Å². The lowest BCUT2D eigenvalue weighted by molar-refractivity contribution is -0.144. The molecule has 0 radical (unpaired) electrons. The summed E-state index contributed by atoms with van der Waals surface area (Å²) in [5.74, 6) is -8.34. The van der Waals surface area contributed by atoms with Crippen molar-refractivity contribution >= 4 is 41.5 Å². The molecule has 0 aliphatic carbocycles. The maximum absolute atomic E-state index is 13.0. The van der Waals surface area contributed by atoms with Crippen molar-refractivity contribution < 1.29 is 48.9 Å².